The summed E-state index contributed by atoms with van der Waals surface area (Å²) in [6.07, 6.45) is -1.17. The molecule has 1 aromatic rings. The van der Waals surface area contributed by atoms with E-state index in [1.54, 1.807) is 18.2 Å². The molecule has 0 bridgehead atoms. The van der Waals surface area contributed by atoms with Crippen LogP contribution < -0.4 is 5.32 Å². The third-order valence-electron chi connectivity index (χ3n) is 3.86. The fourth-order valence-electron chi connectivity index (χ4n) is 2.85. The summed E-state index contributed by atoms with van der Waals surface area (Å²) >= 11 is 0. The van der Waals surface area contributed by atoms with Gasteiger partial charge in [-0.2, -0.15) is 13.2 Å². The van der Waals surface area contributed by atoms with Crippen molar-refractivity contribution in [3.63, 3.8) is 0 Å². The molecule has 1 N–H and O–H groups in total. The Balaban J connectivity index is 2.33. The van der Waals surface area contributed by atoms with Crippen LogP contribution in [0.5, 0.6) is 0 Å². The van der Waals surface area contributed by atoms with Crippen LogP contribution in [0.15, 0.2) is 36.9 Å². The van der Waals surface area contributed by atoms with Crippen molar-refractivity contribution < 1.29 is 13.2 Å². The highest BCUT2D eigenvalue weighted by molar-refractivity contribution is 5.32. The maximum Gasteiger partial charge on any atom is 0.416 e. The van der Waals surface area contributed by atoms with Crippen LogP contribution >= 0.6 is 0 Å². The molecule has 1 heterocycles. The number of hydrogen-bond acceptors (Lipinski definition) is 2. The predicted molar refractivity (Wildman–Crippen MR) is 78.1 cm³/mol. The Hall–Kier alpha value is -1.33. The van der Waals surface area contributed by atoms with Crippen molar-refractivity contribution in [3.05, 3.63) is 48.0 Å². The van der Waals surface area contributed by atoms with E-state index in [0.717, 1.165) is 26.2 Å². The summed E-state index contributed by atoms with van der Waals surface area (Å²) in [6, 6.07) is 5.72. The summed E-state index contributed by atoms with van der Waals surface area (Å²) in [5.74, 6) is 0. The molecule has 0 radical (unpaired) electrons. The molecule has 1 fully saturated rings. The highest BCUT2D eigenvalue weighted by Crippen LogP contribution is 2.38. The van der Waals surface area contributed by atoms with Gasteiger partial charge >= 0.3 is 6.18 Å². The Bertz CT molecular complexity index is 465. The molecule has 0 saturated carbocycles. The van der Waals surface area contributed by atoms with Gasteiger partial charge in [0.2, 0.25) is 0 Å². The molecule has 116 valence electrons. The first-order valence-corrected chi connectivity index (χ1v) is 7.26. The van der Waals surface area contributed by atoms with E-state index in [0.29, 0.717) is 18.4 Å². The van der Waals surface area contributed by atoms with Crippen LogP contribution in [0.25, 0.3) is 0 Å². The van der Waals surface area contributed by atoms with E-state index in [-0.39, 0.29) is 6.04 Å². The molecule has 1 aromatic carbocycles. The lowest BCUT2D eigenvalue weighted by Gasteiger charge is -2.36. The lowest BCUT2D eigenvalue weighted by atomic mass is 9.94. The van der Waals surface area contributed by atoms with E-state index in [4.69, 9.17) is 0 Å². The number of nitrogens with zero attached hydrogens (tertiary/aromatic N) is 1. The Labute approximate surface area is 123 Å². The van der Waals surface area contributed by atoms with Gasteiger partial charge < -0.3 is 5.32 Å². The van der Waals surface area contributed by atoms with E-state index < -0.39 is 11.7 Å². The third-order valence-corrected chi connectivity index (χ3v) is 3.86. The second kappa shape index (κ2) is 7.09. The average molecular weight is 298 g/mol. The molecule has 1 saturated heterocycles. The van der Waals surface area contributed by atoms with Gasteiger partial charge in [-0.25, -0.2) is 0 Å². The molecule has 2 rings (SSSR count). The molecule has 0 aliphatic carbocycles. The first-order valence-electron chi connectivity index (χ1n) is 7.26. The predicted octanol–water partition coefficient (Wildman–Crippen LogP) is 3.62. The lowest BCUT2D eigenvalue weighted by molar-refractivity contribution is -0.138. The molecule has 2 nitrogen and oxygen atoms in total. The molecule has 0 aromatic heterocycles. The fraction of sp³-hybridized carbons (Fsp3) is 0.500. The zero-order chi connectivity index (χ0) is 15.3. The molecule has 1 aliphatic heterocycles. The highest BCUT2D eigenvalue weighted by atomic mass is 19.4. The minimum Gasteiger partial charge on any atom is -0.314 e. The third kappa shape index (κ3) is 4.08. The molecule has 21 heavy (non-hydrogen) atoms. The first-order chi connectivity index (χ1) is 10.0. The smallest absolute Gasteiger partial charge is 0.314 e. The summed E-state index contributed by atoms with van der Waals surface area (Å²) < 4.78 is 39.7. The van der Waals surface area contributed by atoms with Gasteiger partial charge in [0, 0.05) is 32.2 Å². The Morgan fingerprint density at radius 3 is 2.52 bits per heavy atom. The van der Waals surface area contributed by atoms with E-state index in [9.17, 15) is 13.2 Å². The average Bonchev–Trinajstić information content (AvgIpc) is 2.48. The van der Waals surface area contributed by atoms with Crippen LogP contribution in [0.4, 0.5) is 13.2 Å². The molecule has 0 amide bonds. The second-order valence-electron chi connectivity index (χ2n) is 5.25. The topological polar surface area (TPSA) is 15.3 Å². The summed E-state index contributed by atoms with van der Waals surface area (Å²) in [6.45, 7) is 6.87. The van der Waals surface area contributed by atoms with Gasteiger partial charge in [-0.3, -0.25) is 4.90 Å². The molecular weight excluding hydrogens is 277 g/mol. The van der Waals surface area contributed by atoms with Crippen LogP contribution in [0.3, 0.4) is 0 Å². The number of rotatable bonds is 5. The zero-order valence-electron chi connectivity index (χ0n) is 12.0. The molecule has 1 atom stereocenters. The first kappa shape index (κ1) is 16.0. The minimum atomic E-state index is -4.31. The normalized spacial score (nSPS) is 18.4. The van der Waals surface area contributed by atoms with Gasteiger partial charge in [0.15, 0.2) is 0 Å². The van der Waals surface area contributed by atoms with E-state index in [2.05, 4.69) is 16.8 Å². The maximum absolute atomic E-state index is 13.2. The van der Waals surface area contributed by atoms with Gasteiger partial charge in [0.1, 0.15) is 0 Å². The standard InChI is InChI=1S/C16H21F3N2/c1-2-3-8-15(21-11-9-20-10-12-21)13-6-4-5-7-14(13)16(17,18)19/h2,4-7,15,20H,1,3,8-12H2/t15-/m0/s1. The summed E-state index contributed by atoms with van der Waals surface area (Å²) in [5.41, 5.74) is -0.133. The molecule has 0 spiro atoms. The van der Waals surface area contributed by atoms with E-state index in [1.807, 2.05) is 0 Å². The second-order valence-corrected chi connectivity index (χ2v) is 5.25. The molecule has 1 aliphatic rings. The number of piperazine rings is 1. The Kier molecular flexibility index (Phi) is 5.42. The number of halogens is 3. The summed E-state index contributed by atoms with van der Waals surface area (Å²) in [4.78, 5) is 2.14. The van der Waals surface area contributed by atoms with Gasteiger partial charge in [0.25, 0.3) is 0 Å². The fourth-order valence-corrected chi connectivity index (χ4v) is 2.85. The Morgan fingerprint density at radius 1 is 1.24 bits per heavy atom. The Morgan fingerprint density at radius 2 is 1.90 bits per heavy atom. The lowest BCUT2D eigenvalue weighted by Crippen LogP contribution is -2.45. The summed E-state index contributed by atoms with van der Waals surface area (Å²) in [7, 11) is 0. The highest BCUT2D eigenvalue weighted by Gasteiger charge is 2.36. The monoisotopic (exact) mass is 298 g/mol. The number of nitrogens with one attached hydrogen (secondary N) is 1. The number of allylic oxidation sites excluding steroid dienone is 1. The van der Waals surface area contributed by atoms with Gasteiger partial charge in [-0.1, -0.05) is 24.3 Å². The van der Waals surface area contributed by atoms with E-state index in [1.165, 1.54) is 12.1 Å². The van der Waals surface area contributed by atoms with Crippen molar-refractivity contribution in [2.45, 2.75) is 25.1 Å². The van der Waals surface area contributed by atoms with Gasteiger partial charge in [-0.05, 0) is 24.5 Å². The van der Waals surface area contributed by atoms with Crippen LogP contribution in [-0.2, 0) is 6.18 Å². The van der Waals surface area contributed by atoms with Crippen LogP contribution in [0.1, 0.15) is 30.0 Å². The van der Waals surface area contributed by atoms with Crippen LogP contribution in [0.2, 0.25) is 0 Å². The van der Waals surface area contributed by atoms with E-state index >= 15 is 0 Å². The minimum absolute atomic E-state index is 0.206. The quantitative estimate of drug-likeness (QED) is 0.835. The van der Waals surface area contributed by atoms with Crippen molar-refractivity contribution in [2.24, 2.45) is 0 Å². The van der Waals surface area contributed by atoms with Crippen molar-refractivity contribution in [1.29, 1.82) is 0 Å². The van der Waals surface area contributed by atoms with Crippen molar-refractivity contribution >= 4 is 0 Å². The maximum atomic E-state index is 13.2. The number of benzene rings is 1. The SMILES string of the molecule is C=CCC[C@@H](c1ccccc1C(F)(F)F)N1CCNCC1. The van der Waals surface area contributed by atoms with Crippen LogP contribution in [0, 0.1) is 0 Å². The van der Waals surface area contributed by atoms with Gasteiger partial charge in [-0.15, -0.1) is 6.58 Å². The van der Waals surface area contributed by atoms with Crippen molar-refractivity contribution in [1.82, 2.24) is 10.2 Å². The molecule has 5 heteroatoms. The number of alkyl halides is 3. The summed E-state index contributed by atoms with van der Waals surface area (Å²) in [5, 5.41) is 3.24. The van der Waals surface area contributed by atoms with Crippen LogP contribution in [-0.4, -0.2) is 31.1 Å². The molecule has 0 unspecified atom stereocenters. The zero-order valence-corrected chi connectivity index (χ0v) is 12.0. The number of hydrogen-bond donors (Lipinski definition) is 1. The van der Waals surface area contributed by atoms with Crippen molar-refractivity contribution in [2.75, 3.05) is 26.2 Å². The largest absolute Gasteiger partial charge is 0.416 e. The van der Waals surface area contributed by atoms with Gasteiger partial charge in [0.05, 0.1) is 5.56 Å². The molecular formula is C16H21F3N2. The van der Waals surface area contributed by atoms with Crippen molar-refractivity contribution in [3.8, 4) is 0 Å².